The molecular weight excluding hydrogens is 318 g/mol. The zero-order valence-electron chi connectivity index (χ0n) is 13.4. The first kappa shape index (κ1) is 16.9. The Kier molecular flexibility index (Phi) is 4.89. The van der Waals surface area contributed by atoms with E-state index < -0.39 is 10.0 Å². The van der Waals surface area contributed by atoms with E-state index in [0.29, 0.717) is 11.7 Å². The second-order valence-electron chi connectivity index (χ2n) is 5.52. The van der Waals surface area contributed by atoms with Crippen LogP contribution in [0.25, 0.3) is 0 Å². The maximum absolute atomic E-state index is 12.2. The number of hydrogen-bond donors (Lipinski definition) is 0. The summed E-state index contributed by atoms with van der Waals surface area (Å²) < 4.78 is 27.7. The maximum atomic E-state index is 12.2. The topological polar surface area (TPSA) is 54.7 Å². The third-order valence-corrected chi connectivity index (χ3v) is 6.03. The van der Waals surface area contributed by atoms with Gasteiger partial charge in [0.15, 0.2) is 4.80 Å². The predicted molar refractivity (Wildman–Crippen MR) is 90.0 cm³/mol. The third-order valence-electron chi connectivity index (χ3n) is 3.26. The van der Waals surface area contributed by atoms with Crippen LogP contribution < -0.4 is 4.80 Å². The molecule has 7 heteroatoms. The van der Waals surface area contributed by atoms with Crippen molar-refractivity contribution in [3.05, 3.63) is 40.1 Å². The Morgan fingerprint density at radius 3 is 2.55 bits per heavy atom. The van der Waals surface area contributed by atoms with Crippen molar-refractivity contribution in [2.75, 3.05) is 14.1 Å². The van der Waals surface area contributed by atoms with Crippen LogP contribution in [0.3, 0.4) is 0 Å². The molecule has 1 aromatic heterocycles. The van der Waals surface area contributed by atoms with Crippen LogP contribution in [0.1, 0.15) is 25.6 Å². The Labute approximate surface area is 135 Å². The van der Waals surface area contributed by atoms with Crippen molar-refractivity contribution in [1.29, 1.82) is 0 Å². The summed E-state index contributed by atoms with van der Waals surface area (Å²) in [6.07, 6.45) is 0. The Morgan fingerprint density at radius 2 is 1.95 bits per heavy atom. The van der Waals surface area contributed by atoms with Crippen molar-refractivity contribution in [2.24, 2.45) is 4.99 Å². The molecule has 1 aromatic carbocycles. The fourth-order valence-electron chi connectivity index (χ4n) is 2.15. The van der Waals surface area contributed by atoms with Crippen molar-refractivity contribution in [2.45, 2.75) is 31.7 Å². The van der Waals surface area contributed by atoms with Gasteiger partial charge in [-0.05, 0) is 39.0 Å². The molecule has 1 heterocycles. The lowest BCUT2D eigenvalue weighted by Crippen LogP contribution is -2.22. The van der Waals surface area contributed by atoms with Crippen LogP contribution in [-0.2, 0) is 10.0 Å². The van der Waals surface area contributed by atoms with E-state index in [2.05, 4.69) is 28.8 Å². The number of nitrogens with zero attached hydrogens (tertiary/aromatic N) is 3. The molecule has 0 atom stereocenters. The monoisotopic (exact) mass is 339 g/mol. The first-order chi connectivity index (χ1) is 10.2. The Hall–Kier alpha value is -1.44. The summed E-state index contributed by atoms with van der Waals surface area (Å²) >= 11 is 1.56. The molecule has 120 valence electrons. The Morgan fingerprint density at radius 1 is 1.27 bits per heavy atom. The summed E-state index contributed by atoms with van der Waals surface area (Å²) in [5.41, 5.74) is 1.79. The highest BCUT2D eigenvalue weighted by atomic mass is 32.2. The molecule has 5 nitrogen and oxygen atoms in total. The van der Waals surface area contributed by atoms with Gasteiger partial charge in [-0.2, -0.15) is 0 Å². The molecule has 0 saturated carbocycles. The zero-order chi connectivity index (χ0) is 16.5. The van der Waals surface area contributed by atoms with Gasteiger partial charge >= 0.3 is 0 Å². The summed E-state index contributed by atoms with van der Waals surface area (Å²) in [6, 6.07) is 7.03. The number of thiazole rings is 1. The van der Waals surface area contributed by atoms with Crippen LogP contribution >= 0.6 is 11.3 Å². The van der Waals surface area contributed by atoms with Crippen molar-refractivity contribution < 1.29 is 8.42 Å². The predicted octanol–water partition coefficient (Wildman–Crippen LogP) is 2.92. The van der Waals surface area contributed by atoms with Gasteiger partial charge in [0.1, 0.15) is 0 Å². The van der Waals surface area contributed by atoms with Crippen molar-refractivity contribution in [3.63, 3.8) is 0 Å². The minimum absolute atomic E-state index is 0.253. The molecule has 0 aliphatic carbocycles. The summed E-state index contributed by atoms with van der Waals surface area (Å²) in [5, 5.41) is 2.05. The van der Waals surface area contributed by atoms with Gasteiger partial charge < -0.3 is 4.57 Å². The number of benzene rings is 1. The molecule has 0 fully saturated rings. The van der Waals surface area contributed by atoms with Gasteiger partial charge in [0.05, 0.1) is 10.6 Å². The van der Waals surface area contributed by atoms with E-state index >= 15 is 0 Å². The second kappa shape index (κ2) is 6.36. The molecule has 2 rings (SSSR count). The average Bonchev–Trinajstić information content (AvgIpc) is 2.80. The van der Waals surface area contributed by atoms with Gasteiger partial charge in [-0.25, -0.2) is 17.7 Å². The standard InChI is InChI=1S/C15H21N3O2S2/c1-11(2)18-12(3)10-21-15(18)16-13-7-6-8-14(9-13)22(19,20)17(4)5/h6-11H,1-5H3. The lowest BCUT2D eigenvalue weighted by atomic mass is 10.3. The van der Waals surface area contributed by atoms with Crippen LogP contribution in [0.5, 0.6) is 0 Å². The number of hydrogen-bond acceptors (Lipinski definition) is 4. The van der Waals surface area contributed by atoms with E-state index in [0.717, 1.165) is 10.5 Å². The first-order valence-electron chi connectivity index (χ1n) is 6.97. The quantitative estimate of drug-likeness (QED) is 0.860. The zero-order valence-corrected chi connectivity index (χ0v) is 15.1. The van der Waals surface area contributed by atoms with E-state index in [1.54, 1.807) is 29.5 Å². The highest BCUT2D eigenvalue weighted by molar-refractivity contribution is 7.89. The van der Waals surface area contributed by atoms with E-state index in [-0.39, 0.29) is 4.90 Å². The van der Waals surface area contributed by atoms with E-state index in [1.807, 2.05) is 13.0 Å². The molecule has 0 amide bonds. The highest BCUT2D eigenvalue weighted by Gasteiger charge is 2.17. The molecule has 0 aliphatic heterocycles. The highest BCUT2D eigenvalue weighted by Crippen LogP contribution is 2.20. The van der Waals surface area contributed by atoms with Gasteiger partial charge in [0.2, 0.25) is 10.0 Å². The number of rotatable bonds is 4. The third kappa shape index (κ3) is 3.31. The lowest BCUT2D eigenvalue weighted by Gasteiger charge is -2.11. The van der Waals surface area contributed by atoms with Crippen LogP contribution in [0.2, 0.25) is 0 Å². The Balaban J connectivity index is 2.55. The van der Waals surface area contributed by atoms with E-state index in [9.17, 15) is 8.42 Å². The second-order valence-corrected chi connectivity index (χ2v) is 8.51. The summed E-state index contributed by atoms with van der Waals surface area (Å²) in [5.74, 6) is 0. The molecule has 0 saturated heterocycles. The van der Waals surface area contributed by atoms with Crippen LogP contribution in [0.4, 0.5) is 5.69 Å². The summed E-state index contributed by atoms with van der Waals surface area (Å²) in [6.45, 7) is 6.25. The van der Waals surface area contributed by atoms with Crippen molar-refractivity contribution in [1.82, 2.24) is 8.87 Å². The molecule has 0 N–H and O–H groups in total. The smallest absolute Gasteiger partial charge is 0.242 e. The molecule has 0 spiro atoms. The summed E-state index contributed by atoms with van der Waals surface area (Å²) in [7, 11) is -0.398. The van der Waals surface area contributed by atoms with Crippen LogP contribution in [-0.4, -0.2) is 31.4 Å². The Bertz CT molecular complexity index is 830. The fourth-order valence-corrected chi connectivity index (χ4v) is 4.10. The maximum Gasteiger partial charge on any atom is 0.242 e. The number of aryl methyl sites for hydroxylation is 1. The van der Waals surface area contributed by atoms with Crippen molar-refractivity contribution in [3.8, 4) is 0 Å². The number of aromatic nitrogens is 1. The normalized spacial score (nSPS) is 13.3. The van der Waals surface area contributed by atoms with E-state index in [1.165, 1.54) is 18.4 Å². The molecule has 0 radical (unpaired) electrons. The van der Waals surface area contributed by atoms with Gasteiger partial charge in [0.25, 0.3) is 0 Å². The first-order valence-corrected chi connectivity index (χ1v) is 9.29. The molecule has 0 bridgehead atoms. The van der Waals surface area contributed by atoms with Gasteiger partial charge in [0, 0.05) is 31.2 Å². The fraction of sp³-hybridized carbons (Fsp3) is 0.400. The van der Waals surface area contributed by atoms with Gasteiger partial charge in [-0.3, -0.25) is 0 Å². The largest absolute Gasteiger partial charge is 0.319 e. The lowest BCUT2D eigenvalue weighted by molar-refractivity contribution is 0.520. The molecule has 0 unspecified atom stereocenters. The minimum Gasteiger partial charge on any atom is -0.319 e. The molecule has 22 heavy (non-hydrogen) atoms. The molecular formula is C15H21N3O2S2. The number of sulfonamides is 1. The molecule has 2 aromatic rings. The van der Waals surface area contributed by atoms with Crippen LogP contribution in [0.15, 0.2) is 39.5 Å². The van der Waals surface area contributed by atoms with Crippen LogP contribution in [0, 0.1) is 6.92 Å². The van der Waals surface area contributed by atoms with E-state index in [4.69, 9.17) is 0 Å². The summed E-state index contributed by atoms with van der Waals surface area (Å²) in [4.78, 5) is 5.74. The van der Waals surface area contributed by atoms with Gasteiger partial charge in [-0.15, -0.1) is 11.3 Å². The SMILES string of the molecule is Cc1csc(=Nc2cccc(S(=O)(=O)N(C)C)c2)n1C(C)C. The minimum atomic E-state index is -3.44. The average molecular weight is 339 g/mol. The van der Waals surface area contributed by atoms with Crippen molar-refractivity contribution >= 4 is 27.0 Å². The molecule has 0 aliphatic rings. The van der Waals surface area contributed by atoms with Gasteiger partial charge in [-0.1, -0.05) is 6.07 Å².